The van der Waals surface area contributed by atoms with Gasteiger partial charge < -0.3 is 15.2 Å². The number of hydrogen-bond acceptors (Lipinski definition) is 3. The van der Waals surface area contributed by atoms with E-state index in [4.69, 9.17) is 4.74 Å². The molecule has 0 aliphatic carbocycles. The highest BCUT2D eigenvalue weighted by molar-refractivity contribution is 5.45. The maximum Gasteiger partial charge on any atom is 0.127 e. The van der Waals surface area contributed by atoms with Crippen LogP contribution in [0.5, 0.6) is 5.75 Å². The van der Waals surface area contributed by atoms with Gasteiger partial charge in [0.15, 0.2) is 0 Å². The Bertz CT molecular complexity index is 390. The van der Waals surface area contributed by atoms with Gasteiger partial charge in [-0.3, -0.25) is 0 Å². The van der Waals surface area contributed by atoms with E-state index < -0.39 is 6.10 Å². The number of rotatable bonds is 6. The van der Waals surface area contributed by atoms with Gasteiger partial charge in [0.25, 0.3) is 0 Å². The van der Waals surface area contributed by atoms with Gasteiger partial charge in [0.2, 0.25) is 0 Å². The number of methoxy groups -OCH3 is 1. The first kappa shape index (κ1) is 15.0. The second kappa shape index (κ2) is 6.76. The third-order valence-corrected chi connectivity index (χ3v) is 3.28. The van der Waals surface area contributed by atoms with Crippen molar-refractivity contribution in [1.82, 2.24) is 5.32 Å². The molecule has 0 spiro atoms. The quantitative estimate of drug-likeness (QED) is 0.817. The maximum atomic E-state index is 10.3. The summed E-state index contributed by atoms with van der Waals surface area (Å²) in [6.07, 6.45) is 0.518. The highest BCUT2D eigenvalue weighted by Gasteiger charge is 2.16. The van der Waals surface area contributed by atoms with Gasteiger partial charge in [0, 0.05) is 18.2 Å². The molecule has 0 bridgehead atoms. The molecule has 18 heavy (non-hydrogen) atoms. The van der Waals surface area contributed by atoms with Gasteiger partial charge in [0.1, 0.15) is 5.75 Å². The van der Waals surface area contributed by atoms with E-state index in [0.29, 0.717) is 12.6 Å². The van der Waals surface area contributed by atoms with Crippen molar-refractivity contribution in [2.24, 2.45) is 0 Å². The van der Waals surface area contributed by atoms with E-state index in [1.54, 1.807) is 7.11 Å². The lowest BCUT2D eigenvalue weighted by molar-refractivity contribution is 0.166. The van der Waals surface area contributed by atoms with Crippen LogP contribution in [0.15, 0.2) is 12.1 Å². The molecular formula is C15H25NO2. The molecule has 3 heteroatoms. The van der Waals surface area contributed by atoms with Gasteiger partial charge in [-0.25, -0.2) is 0 Å². The van der Waals surface area contributed by atoms with E-state index in [1.165, 1.54) is 0 Å². The van der Waals surface area contributed by atoms with Crippen LogP contribution in [0.2, 0.25) is 0 Å². The minimum Gasteiger partial charge on any atom is -0.496 e. The highest BCUT2D eigenvalue weighted by Crippen LogP contribution is 2.29. The molecule has 0 aromatic heterocycles. The molecule has 0 aliphatic heterocycles. The van der Waals surface area contributed by atoms with Crippen molar-refractivity contribution >= 4 is 0 Å². The molecule has 1 rings (SSSR count). The van der Waals surface area contributed by atoms with Crippen LogP contribution in [-0.4, -0.2) is 24.8 Å². The van der Waals surface area contributed by atoms with Crippen LogP contribution in [0.1, 0.15) is 43.1 Å². The van der Waals surface area contributed by atoms with Crippen molar-refractivity contribution in [2.75, 3.05) is 13.7 Å². The summed E-state index contributed by atoms with van der Waals surface area (Å²) in [5, 5.41) is 13.6. The van der Waals surface area contributed by atoms with Gasteiger partial charge >= 0.3 is 0 Å². The topological polar surface area (TPSA) is 41.5 Å². The third kappa shape index (κ3) is 3.72. The standard InChI is InChI=1S/C15H25NO2/c1-6-12(4)16-9-14(17)13-8-10(2)7-11(3)15(13)18-5/h7-8,12,14,16-17H,6,9H2,1-5H3. The second-order valence-corrected chi connectivity index (χ2v) is 4.94. The van der Waals surface area contributed by atoms with E-state index in [2.05, 4.69) is 25.2 Å². The van der Waals surface area contributed by atoms with Crippen molar-refractivity contribution in [1.29, 1.82) is 0 Å². The van der Waals surface area contributed by atoms with E-state index in [0.717, 1.165) is 28.9 Å². The summed E-state index contributed by atoms with van der Waals surface area (Å²) in [6, 6.07) is 4.47. The Balaban J connectivity index is 2.87. The fourth-order valence-corrected chi connectivity index (χ4v) is 2.08. The van der Waals surface area contributed by atoms with Crippen LogP contribution in [0.4, 0.5) is 0 Å². The first-order valence-corrected chi connectivity index (χ1v) is 6.56. The Hall–Kier alpha value is -1.06. The van der Waals surface area contributed by atoms with Crippen LogP contribution in [0.3, 0.4) is 0 Å². The number of nitrogens with one attached hydrogen (secondary N) is 1. The normalized spacial score (nSPS) is 14.3. The molecule has 0 saturated heterocycles. The molecule has 0 fully saturated rings. The molecule has 2 N–H and O–H groups in total. The number of ether oxygens (including phenoxy) is 1. The third-order valence-electron chi connectivity index (χ3n) is 3.28. The van der Waals surface area contributed by atoms with Crippen LogP contribution in [-0.2, 0) is 0 Å². The number of aliphatic hydroxyl groups is 1. The molecule has 0 amide bonds. The first-order valence-electron chi connectivity index (χ1n) is 6.56. The van der Waals surface area contributed by atoms with Crippen LogP contribution in [0, 0.1) is 13.8 Å². The van der Waals surface area contributed by atoms with E-state index in [9.17, 15) is 5.11 Å². The average Bonchev–Trinajstić information content (AvgIpc) is 2.34. The van der Waals surface area contributed by atoms with Crippen molar-refractivity contribution in [3.8, 4) is 5.75 Å². The Morgan fingerprint density at radius 3 is 2.56 bits per heavy atom. The molecule has 0 aliphatic rings. The molecule has 1 aromatic rings. The van der Waals surface area contributed by atoms with Gasteiger partial charge in [0.05, 0.1) is 13.2 Å². The SMILES string of the molecule is CCC(C)NCC(O)c1cc(C)cc(C)c1OC. The van der Waals surface area contributed by atoms with Crippen molar-refractivity contribution in [3.63, 3.8) is 0 Å². The number of benzene rings is 1. The number of aryl methyl sites for hydroxylation is 2. The summed E-state index contributed by atoms with van der Waals surface area (Å²) in [6.45, 7) is 8.83. The molecule has 0 saturated carbocycles. The van der Waals surface area contributed by atoms with E-state index >= 15 is 0 Å². The molecule has 102 valence electrons. The molecule has 3 nitrogen and oxygen atoms in total. The largest absolute Gasteiger partial charge is 0.496 e. The van der Waals surface area contributed by atoms with Crippen molar-refractivity contribution in [2.45, 2.75) is 46.3 Å². The zero-order chi connectivity index (χ0) is 13.7. The summed E-state index contributed by atoms with van der Waals surface area (Å²) in [5.41, 5.74) is 3.08. The van der Waals surface area contributed by atoms with Crippen molar-refractivity contribution in [3.05, 3.63) is 28.8 Å². The zero-order valence-electron chi connectivity index (χ0n) is 12.1. The summed E-state index contributed by atoms with van der Waals surface area (Å²) >= 11 is 0. The lowest BCUT2D eigenvalue weighted by Crippen LogP contribution is -2.30. The molecule has 1 aromatic carbocycles. The summed E-state index contributed by atoms with van der Waals surface area (Å²) in [5.74, 6) is 0.791. The zero-order valence-corrected chi connectivity index (χ0v) is 12.1. The molecular weight excluding hydrogens is 226 g/mol. The van der Waals surface area contributed by atoms with E-state index in [-0.39, 0.29) is 0 Å². The van der Waals surface area contributed by atoms with Crippen molar-refractivity contribution < 1.29 is 9.84 Å². The summed E-state index contributed by atoms with van der Waals surface area (Å²) in [4.78, 5) is 0. The predicted octanol–water partition coefficient (Wildman–Crippen LogP) is 2.73. The molecule has 0 heterocycles. The van der Waals surface area contributed by atoms with Gasteiger partial charge in [-0.1, -0.05) is 18.6 Å². The Morgan fingerprint density at radius 1 is 1.33 bits per heavy atom. The van der Waals surface area contributed by atoms with Crippen LogP contribution < -0.4 is 10.1 Å². The average molecular weight is 251 g/mol. The summed E-state index contributed by atoms with van der Waals surface area (Å²) < 4.78 is 5.40. The minimum absolute atomic E-state index is 0.413. The minimum atomic E-state index is -0.535. The van der Waals surface area contributed by atoms with Gasteiger partial charge in [-0.2, -0.15) is 0 Å². The molecule has 2 unspecified atom stereocenters. The smallest absolute Gasteiger partial charge is 0.127 e. The Kier molecular flexibility index (Phi) is 5.63. The van der Waals surface area contributed by atoms with Crippen LogP contribution in [0.25, 0.3) is 0 Å². The predicted molar refractivity (Wildman–Crippen MR) is 75.2 cm³/mol. The first-order chi connectivity index (χ1) is 8.49. The van der Waals surface area contributed by atoms with Gasteiger partial charge in [-0.15, -0.1) is 0 Å². The summed E-state index contributed by atoms with van der Waals surface area (Å²) in [7, 11) is 1.65. The Morgan fingerprint density at radius 2 is 2.00 bits per heavy atom. The Labute approximate surface area is 110 Å². The maximum absolute atomic E-state index is 10.3. The van der Waals surface area contributed by atoms with Crippen LogP contribution >= 0.6 is 0 Å². The monoisotopic (exact) mass is 251 g/mol. The fourth-order valence-electron chi connectivity index (χ4n) is 2.08. The number of aliphatic hydroxyl groups excluding tert-OH is 1. The number of hydrogen-bond donors (Lipinski definition) is 2. The molecule has 0 radical (unpaired) electrons. The second-order valence-electron chi connectivity index (χ2n) is 4.94. The lowest BCUT2D eigenvalue weighted by Gasteiger charge is -2.20. The fraction of sp³-hybridized carbons (Fsp3) is 0.600. The van der Waals surface area contributed by atoms with E-state index in [1.807, 2.05) is 19.9 Å². The lowest BCUT2D eigenvalue weighted by atomic mass is 10.0. The molecule has 2 atom stereocenters. The highest BCUT2D eigenvalue weighted by atomic mass is 16.5. The van der Waals surface area contributed by atoms with Gasteiger partial charge in [-0.05, 0) is 38.8 Å².